The molecule has 0 aliphatic heterocycles. The Morgan fingerprint density at radius 2 is 2.14 bits per heavy atom. The van der Waals surface area contributed by atoms with Crippen LogP contribution in [0.1, 0.15) is 12.5 Å². The van der Waals surface area contributed by atoms with Crippen molar-refractivity contribution in [3.63, 3.8) is 0 Å². The first kappa shape index (κ1) is 8.75. The molecule has 0 spiro atoms. The SMILES string of the molecule is CC=Cc1ccc2ncccc2c1O. The quantitative estimate of drug-likeness (QED) is 0.740. The number of aromatic hydroxyl groups is 1. The van der Waals surface area contributed by atoms with Gasteiger partial charge in [-0.1, -0.05) is 12.2 Å². The van der Waals surface area contributed by atoms with Gasteiger partial charge in [-0.05, 0) is 31.2 Å². The van der Waals surface area contributed by atoms with Crippen molar-refractivity contribution in [2.24, 2.45) is 0 Å². The molecule has 2 nitrogen and oxygen atoms in total. The lowest BCUT2D eigenvalue weighted by Gasteiger charge is -2.02. The Balaban J connectivity index is 2.75. The average molecular weight is 185 g/mol. The Morgan fingerprint density at radius 1 is 1.29 bits per heavy atom. The predicted molar refractivity (Wildman–Crippen MR) is 58.1 cm³/mol. The number of rotatable bonds is 1. The molecule has 2 rings (SSSR count). The van der Waals surface area contributed by atoms with E-state index >= 15 is 0 Å². The van der Waals surface area contributed by atoms with Gasteiger partial charge in [0.05, 0.1) is 5.52 Å². The summed E-state index contributed by atoms with van der Waals surface area (Å²) < 4.78 is 0. The molecule has 0 atom stereocenters. The van der Waals surface area contributed by atoms with Crippen molar-refractivity contribution in [2.45, 2.75) is 6.92 Å². The Bertz CT molecular complexity index is 489. The predicted octanol–water partition coefficient (Wildman–Crippen LogP) is 2.97. The first-order valence-electron chi connectivity index (χ1n) is 4.52. The molecule has 0 fully saturated rings. The van der Waals surface area contributed by atoms with Crippen molar-refractivity contribution in [1.29, 1.82) is 0 Å². The van der Waals surface area contributed by atoms with E-state index in [2.05, 4.69) is 4.98 Å². The Morgan fingerprint density at radius 3 is 2.93 bits per heavy atom. The molecule has 2 aromatic rings. The van der Waals surface area contributed by atoms with Crippen molar-refractivity contribution in [3.05, 3.63) is 42.1 Å². The molecule has 0 radical (unpaired) electrons. The van der Waals surface area contributed by atoms with Gasteiger partial charge >= 0.3 is 0 Å². The highest BCUT2D eigenvalue weighted by Crippen LogP contribution is 2.27. The van der Waals surface area contributed by atoms with Gasteiger partial charge in [0, 0.05) is 17.1 Å². The van der Waals surface area contributed by atoms with Crippen molar-refractivity contribution < 1.29 is 5.11 Å². The zero-order valence-electron chi connectivity index (χ0n) is 7.94. The fourth-order valence-electron chi connectivity index (χ4n) is 1.47. The highest BCUT2D eigenvalue weighted by molar-refractivity contribution is 5.88. The number of hydrogen-bond acceptors (Lipinski definition) is 2. The standard InChI is InChI=1S/C12H11NO/c1-2-4-9-6-7-11-10(12(9)14)5-3-8-13-11/h2-8,14H,1H3. The summed E-state index contributed by atoms with van der Waals surface area (Å²) in [5.74, 6) is 0.300. The monoisotopic (exact) mass is 185 g/mol. The number of fused-ring (bicyclic) bond motifs is 1. The fraction of sp³-hybridized carbons (Fsp3) is 0.0833. The minimum absolute atomic E-state index is 0.300. The second kappa shape index (κ2) is 3.50. The zero-order valence-corrected chi connectivity index (χ0v) is 7.94. The number of hydrogen-bond donors (Lipinski definition) is 1. The third-order valence-electron chi connectivity index (χ3n) is 2.13. The second-order valence-electron chi connectivity index (χ2n) is 3.07. The van der Waals surface area contributed by atoms with Gasteiger partial charge in [0.1, 0.15) is 5.75 Å². The van der Waals surface area contributed by atoms with Gasteiger partial charge in [-0.25, -0.2) is 0 Å². The van der Waals surface area contributed by atoms with Crippen LogP contribution >= 0.6 is 0 Å². The van der Waals surface area contributed by atoms with Crippen LogP contribution in [-0.4, -0.2) is 10.1 Å². The topological polar surface area (TPSA) is 33.1 Å². The maximum Gasteiger partial charge on any atom is 0.132 e. The molecule has 0 bridgehead atoms. The van der Waals surface area contributed by atoms with Gasteiger partial charge in [0.15, 0.2) is 0 Å². The number of nitrogens with zero attached hydrogens (tertiary/aromatic N) is 1. The van der Waals surface area contributed by atoms with E-state index < -0.39 is 0 Å². The van der Waals surface area contributed by atoms with Crippen LogP contribution in [0.25, 0.3) is 17.0 Å². The van der Waals surface area contributed by atoms with E-state index in [4.69, 9.17) is 0 Å². The summed E-state index contributed by atoms with van der Waals surface area (Å²) >= 11 is 0. The molecule has 0 amide bonds. The normalized spacial score (nSPS) is 11.2. The molecule has 0 saturated heterocycles. The van der Waals surface area contributed by atoms with Crippen LogP contribution < -0.4 is 0 Å². The maximum atomic E-state index is 9.89. The van der Waals surface area contributed by atoms with E-state index in [9.17, 15) is 5.11 Å². The first-order valence-corrected chi connectivity index (χ1v) is 4.52. The molecular formula is C12H11NO. The fourth-order valence-corrected chi connectivity index (χ4v) is 1.47. The highest BCUT2D eigenvalue weighted by atomic mass is 16.3. The van der Waals surface area contributed by atoms with E-state index in [-0.39, 0.29) is 0 Å². The summed E-state index contributed by atoms with van der Waals surface area (Å²) in [4.78, 5) is 4.16. The average Bonchev–Trinajstić information content (AvgIpc) is 2.23. The van der Waals surface area contributed by atoms with E-state index in [0.717, 1.165) is 16.5 Å². The van der Waals surface area contributed by atoms with E-state index in [1.165, 1.54) is 0 Å². The lowest BCUT2D eigenvalue weighted by Crippen LogP contribution is -1.81. The van der Waals surface area contributed by atoms with Gasteiger partial charge in [0.25, 0.3) is 0 Å². The lowest BCUT2D eigenvalue weighted by atomic mass is 10.1. The maximum absolute atomic E-state index is 9.89. The number of aromatic nitrogens is 1. The minimum atomic E-state index is 0.300. The molecule has 1 heterocycles. The van der Waals surface area contributed by atoms with Crippen LogP contribution in [-0.2, 0) is 0 Å². The van der Waals surface area contributed by atoms with Crippen molar-refractivity contribution in [3.8, 4) is 5.75 Å². The third-order valence-corrected chi connectivity index (χ3v) is 2.13. The Labute approximate surface area is 82.5 Å². The minimum Gasteiger partial charge on any atom is -0.507 e. The first-order chi connectivity index (χ1) is 6.83. The Hall–Kier alpha value is -1.83. The van der Waals surface area contributed by atoms with Gasteiger partial charge < -0.3 is 5.11 Å². The molecule has 0 aliphatic rings. The second-order valence-corrected chi connectivity index (χ2v) is 3.07. The molecule has 1 aromatic heterocycles. The molecule has 70 valence electrons. The van der Waals surface area contributed by atoms with Crippen molar-refractivity contribution >= 4 is 17.0 Å². The molecule has 0 aliphatic carbocycles. The molecule has 0 saturated carbocycles. The summed E-state index contributed by atoms with van der Waals surface area (Å²) in [5, 5.41) is 10.7. The van der Waals surface area contributed by atoms with Crippen LogP contribution in [0.2, 0.25) is 0 Å². The Kier molecular flexibility index (Phi) is 2.19. The summed E-state index contributed by atoms with van der Waals surface area (Å²) in [6.45, 7) is 1.92. The number of allylic oxidation sites excluding steroid dienone is 1. The smallest absolute Gasteiger partial charge is 0.132 e. The third kappa shape index (κ3) is 1.35. The van der Waals surface area contributed by atoms with E-state index in [0.29, 0.717) is 5.75 Å². The van der Waals surface area contributed by atoms with Gasteiger partial charge in [0.2, 0.25) is 0 Å². The van der Waals surface area contributed by atoms with Gasteiger partial charge in [-0.2, -0.15) is 0 Å². The molecule has 0 unspecified atom stereocenters. The van der Waals surface area contributed by atoms with E-state index in [1.807, 2.05) is 43.3 Å². The van der Waals surface area contributed by atoms with Crippen LogP contribution in [0.5, 0.6) is 5.75 Å². The number of pyridine rings is 1. The summed E-state index contributed by atoms with van der Waals surface area (Å²) in [6.07, 6.45) is 5.50. The van der Waals surface area contributed by atoms with E-state index in [1.54, 1.807) is 6.20 Å². The molecule has 2 heteroatoms. The molecule has 1 N–H and O–H groups in total. The zero-order chi connectivity index (χ0) is 9.97. The van der Waals surface area contributed by atoms with Crippen LogP contribution in [0, 0.1) is 0 Å². The number of benzene rings is 1. The van der Waals surface area contributed by atoms with Crippen LogP contribution in [0.4, 0.5) is 0 Å². The highest BCUT2D eigenvalue weighted by Gasteiger charge is 2.03. The van der Waals surface area contributed by atoms with Crippen molar-refractivity contribution in [2.75, 3.05) is 0 Å². The molecular weight excluding hydrogens is 174 g/mol. The van der Waals surface area contributed by atoms with Crippen LogP contribution in [0.3, 0.4) is 0 Å². The van der Waals surface area contributed by atoms with Gasteiger partial charge in [-0.15, -0.1) is 0 Å². The van der Waals surface area contributed by atoms with Gasteiger partial charge in [-0.3, -0.25) is 4.98 Å². The number of phenols is 1. The molecule has 1 aromatic carbocycles. The molecule has 14 heavy (non-hydrogen) atoms. The lowest BCUT2D eigenvalue weighted by molar-refractivity contribution is 0.480. The largest absolute Gasteiger partial charge is 0.507 e. The summed E-state index contributed by atoms with van der Waals surface area (Å²) in [6, 6.07) is 7.46. The summed E-state index contributed by atoms with van der Waals surface area (Å²) in [5.41, 5.74) is 1.64. The van der Waals surface area contributed by atoms with Crippen LogP contribution in [0.15, 0.2) is 36.5 Å². The van der Waals surface area contributed by atoms with Crippen molar-refractivity contribution in [1.82, 2.24) is 4.98 Å². The summed E-state index contributed by atoms with van der Waals surface area (Å²) in [7, 11) is 0. The number of phenolic OH excluding ortho intramolecular Hbond substituents is 1.